The molecule has 0 spiro atoms. The van der Waals surface area contributed by atoms with E-state index in [9.17, 15) is 9.59 Å². The largest absolute Gasteiger partial charge is 0.443 e. The molecular formula is C14H19NO4. The van der Waals surface area contributed by atoms with Crippen LogP contribution in [0.2, 0.25) is 0 Å². The number of hydrogen-bond donors (Lipinski definition) is 0. The molecule has 1 aromatic rings. The molecule has 1 amide bonds. The van der Waals surface area contributed by atoms with Crippen LogP contribution in [-0.4, -0.2) is 29.8 Å². The Kier molecular flexibility index (Phi) is 4.92. The molecule has 0 heterocycles. The topological polar surface area (TPSA) is 55.8 Å². The summed E-state index contributed by atoms with van der Waals surface area (Å²) in [7, 11) is 1.34. The fourth-order valence-corrected chi connectivity index (χ4v) is 1.31. The lowest BCUT2D eigenvalue weighted by molar-refractivity contribution is -0.178. The molecule has 1 aromatic carbocycles. The highest BCUT2D eigenvalue weighted by Crippen LogP contribution is 2.09. The Morgan fingerprint density at radius 2 is 1.74 bits per heavy atom. The van der Waals surface area contributed by atoms with Crippen LogP contribution in [0.15, 0.2) is 30.3 Å². The normalized spacial score (nSPS) is 10.7. The van der Waals surface area contributed by atoms with Gasteiger partial charge in [-0.05, 0) is 26.3 Å². The first-order valence-corrected chi connectivity index (χ1v) is 5.99. The van der Waals surface area contributed by atoms with Crippen LogP contribution in [0.1, 0.15) is 26.3 Å². The molecule has 0 aliphatic carbocycles. The van der Waals surface area contributed by atoms with Crippen LogP contribution in [0, 0.1) is 0 Å². The van der Waals surface area contributed by atoms with E-state index in [1.807, 2.05) is 30.3 Å². The highest BCUT2D eigenvalue weighted by molar-refractivity contribution is 5.75. The van der Waals surface area contributed by atoms with Crippen molar-refractivity contribution in [2.45, 2.75) is 32.8 Å². The summed E-state index contributed by atoms with van der Waals surface area (Å²) >= 11 is 0. The number of ether oxygens (including phenoxy) is 1. The first kappa shape index (κ1) is 15.0. The van der Waals surface area contributed by atoms with Crippen molar-refractivity contribution >= 4 is 12.1 Å². The molecule has 0 unspecified atom stereocenters. The zero-order valence-corrected chi connectivity index (χ0v) is 11.7. The van der Waals surface area contributed by atoms with Gasteiger partial charge in [0, 0.05) is 0 Å². The van der Waals surface area contributed by atoms with Gasteiger partial charge in [0.2, 0.25) is 0 Å². The SMILES string of the molecule is CN(OC(=O)Cc1ccccc1)C(=O)OC(C)(C)C. The molecule has 0 saturated carbocycles. The third-order valence-corrected chi connectivity index (χ3v) is 2.08. The van der Waals surface area contributed by atoms with Crippen LogP contribution < -0.4 is 0 Å². The fraction of sp³-hybridized carbons (Fsp3) is 0.429. The Labute approximate surface area is 113 Å². The maximum absolute atomic E-state index is 11.6. The first-order valence-electron chi connectivity index (χ1n) is 5.99. The van der Waals surface area contributed by atoms with Gasteiger partial charge in [-0.25, -0.2) is 9.59 Å². The van der Waals surface area contributed by atoms with Crippen molar-refractivity contribution in [2.24, 2.45) is 0 Å². The van der Waals surface area contributed by atoms with Gasteiger partial charge in [-0.3, -0.25) is 0 Å². The van der Waals surface area contributed by atoms with E-state index in [4.69, 9.17) is 9.57 Å². The number of benzene rings is 1. The summed E-state index contributed by atoms with van der Waals surface area (Å²) in [6.07, 6.45) is -0.595. The van der Waals surface area contributed by atoms with E-state index < -0.39 is 17.7 Å². The van der Waals surface area contributed by atoms with Crippen LogP contribution in [0.25, 0.3) is 0 Å². The van der Waals surface area contributed by atoms with Gasteiger partial charge in [-0.2, -0.15) is 0 Å². The Bertz CT molecular complexity index is 437. The predicted octanol–water partition coefficient (Wildman–Crippen LogP) is 2.55. The van der Waals surface area contributed by atoms with Gasteiger partial charge in [0.1, 0.15) is 5.60 Å². The monoisotopic (exact) mass is 265 g/mol. The summed E-state index contributed by atoms with van der Waals surface area (Å²) in [4.78, 5) is 28.1. The number of carbonyl (C=O) groups is 2. The van der Waals surface area contributed by atoms with Gasteiger partial charge in [0.15, 0.2) is 0 Å². The second-order valence-corrected chi connectivity index (χ2v) is 5.10. The Morgan fingerprint density at radius 1 is 1.16 bits per heavy atom. The van der Waals surface area contributed by atoms with Gasteiger partial charge in [0.05, 0.1) is 13.5 Å². The molecule has 0 aromatic heterocycles. The summed E-state index contributed by atoms with van der Waals surface area (Å²) in [6.45, 7) is 5.22. The average molecular weight is 265 g/mol. The molecule has 5 nitrogen and oxygen atoms in total. The zero-order valence-electron chi connectivity index (χ0n) is 11.7. The second-order valence-electron chi connectivity index (χ2n) is 5.10. The van der Waals surface area contributed by atoms with Gasteiger partial charge >= 0.3 is 12.1 Å². The minimum atomic E-state index is -0.700. The van der Waals surface area contributed by atoms with Crippen molar-refractivity contribution in [2.75, 3.05) is 7.05 Å². The molecule has 0 atom stereocenters. The minimum absolute atomic E-state index is 0.105. The Morgan fingerprint density at radius 3 is 2.26 bits per heavy atom. The summed E-state index contributed by atoms with van der Waals surface area (Å²) in [5.41, 5.74) is 0.196. The number of rotatable bonds is 2. The summed E-state index contributed by atoms with van der Waals surface area (Å²) in [5, 5.41) is 0.802. The van der Waals surface area contributed by atoms with Crippen molar-refractivity contribution in [1.29, 1.82) is 0 Å². The van der Waals surface area contributed by atoms with Gasteiger partial charge < -0.3 is 9.57 Å². The molecule has 0 saturated heterocycles. The third kappa shape index (κ3) is 5.90. The molecule has 19 heavy (non-hydrogen) atoms. The van der Waals surface area contributed by atoms with E-state index in [2.05, 4.69) is 0 Å². The van der Waals surface area contributed by atoms with Crippen LogP contribution in [0.5, 0.6) is 0 Å². The molecule has 0 fully saturated rings. The van der Waals surface area contributed by atoms with E-state index in [0.29, 0.717) is 0 Å². The van der Waals surface area contributed by atoms with Crippen LogP contribution in [0.4, 0.5) is 4.79 Å². The van der Waals surface area contributed by atoms with E-state index >= 15 is 0 Å². The van der Waals surface area contributed by atoms with E-state index in [1.165, 1.54) is 7.05 Å². The van der Waals surface area contributed by atoms with Crippen LogP contribution >= 0.6 is 0 Å². The molecular weight excluding hydrogens is 246 g/mol. The molecule has 0 aliphatic heterocycles. The zero-order chi connectivity index (χ0) is 14.5. The summed E-state index contributed by atoms with van der Waals surface area (Å²) < 4.78 is 5.06. The average Bonchev–Trinajstić information content (AvgIpc) is 2.27. The standard InChI is InChI=1S/C14H19NO4/c1-14(2,3)18-13(17)15(4)19-12(16)10-11-8-6-5-7-9-11/h5-9H,10H2,1-4H3. The van der Waals surface area contributed by atoms with E-state index in [-0.39, 0.29) is 6.42 Å². The van der Waals surface area contributed by atoms with Crippen molar-refractivity contribution in [3.05, 3.63) is 35.9 Å². The van der Waals surface area contributed by atoms with Gasteiger partial charge in [0.25, 0.3) is 0 Å². The molecule has 0 N–H and O–H groups in total. The Balaban J connectivity index is 2.46. The van der Waals surface area contributed by atoms with Crippen molar-refractivity contribution < 1.29 is 19.2 Å². The lowest BCUT2D eigenvalue weighted by Gasteiger charge is -2.23. The molecule has 104 valence electrons. The molecule has 0 bridgehead atoms. The summed E-state index contributed by atoms with van der Waals surface area (Å²) in [5.74, 6) is -0.514. The molecule has 1 rings (SSSR count). The van der Waals surface area contributed by atoms with Gasteiger partial charge in [-0.15, -0.1) is 5.06 Å². The van der Waals surface area contributed by atoms with Crippen LogP contribution in [-0.2, 0) is 20.8 Å². The molecule has 0 radical (unpaired) electrons. The lowest BCUT2D eigenvalue weighted by Crippen LogP contribution is -2.36. The van der Waals surface area contributed by atoms with Crippen LogP contribution in [0.3, 0.4) is 0 Å². The first-order chi connectivity index (χ1) is 8.78. The molecule has 5 heteroatoms. The number of hydroxylamine groups is 2. The van der Waals surface area contributed by atoms with E-state index in [0.717, 1.165) is 10.6 Å². The smallest absolute Gasteiger partial charge is 0.442 e. The number of carbonyl (C=O) groups excluding carboxylic acids is 2. The second kappa shape index (κ2) is 6.22. The van der Waals surface area contributed by atoms with Gasteiger partial charge in [-0.1, -0.05) is 30.3 Å². The fourth-order valence-electron chi connectivity index (χ4n) is 1.31. The maximum Gasteiger partial charge on any atom is 0.443 e. The van der Waals surface area contributed by atoms with Crippen molar-refractivity contribution in [3.8, 4) is 0 Å². The number of hydrogen-bond acceptors (Lipinski definition) is 4. The van der Waals surface area contributed by atoms with Crippen molar-refractivity contribution in [3.63, 3.8) is 0 Å². The lowest BCUT2D eigenvalue weighted by atomic mass is 10.2. The Hall–Kier alpha value is -2.04. The highest BCUT2D eigenvalue weighted by Gasteiger charge is 2.22. The minimum Gasteiger partial charge on any atom is -0.442 e. The van der Waals surface area contributed by atoms with Crippen molar-refractivity contribution in [1.82, 2.24) is 5.06 Å². The quantitative estimate of drug-likeness (QED) is 0.771. The number of amides is 1. The highest BCUT2D eigenvalue weighted by atomic mass is 16.8. The third-order valence-electron chi connectivity index (χ3n) is 2.08. The van der Waals surface area contributed by atoms with E-state index in [1.54, 1.807) is 20.8 Å². The summed E-state index contributed by atoms with van der Waals surface area (Å²) in [6, 6.07) is 9.16. The predicted molar refractivity (Wildman–Crippen MR) is 70.2 cm³/mol. The number of nitrogens with zero attached hydrogens (tertiary/aromatic N) is 1. The maximum atomic E-state index is 11.6. The molecule has 0 aliphatic rings.